The van der Waals surface area contributed by atoms with Crippen LogP contribution in [0.15, 0.2) is 68.3 Å². The van der Waals surface area contributed by atoms with Crippen LogP contribution >= 0.6 is 44.9 Å². The summed E-state index contributed by atoms with van der Waals surface area (Å²) < 4.78 is 23.1. The molecule has 1 spiro atoms. The van der Waals surface area contributed by atoms with E-state index < -0.39 is 15.2 Å². The van der Waals surface area contributed by atoms with E-state index >= 15 is 0 Å². The maximum atomic E-state index is 14.4. The Morgan fingerprint density at radius 3 is 1.38 bits per heavy atom. The molecule has 10 rings (SSSR count). The van der Waals surface area contributed by atoms with E-state index in [9.17, 15) is 19.6 Å². The number of carbonyl (C=O) groups is 3. The highest BCUT2D eigenvalue weighted by molar-refractivity contribution is 8.26. The first-order chi connectivity index (χ1) is 34.9. The van der Waals surface area contributed by atoms with E-state index in [1.54, 1.807) is 0 Å². The first kappa shape index (κ1) is 54.5. The van der Waals surface area contributed by atoms with E-state index in [4.69, 9.17) is 25.4 Å². The molecular weight excluding hydrogens is 1000 g/mol. The third-order valence-electron chi connectivity index (χ3n) is 17.0. The Hall–Kier alpha value is -3.78. The summed E-state index contributed by atoms with van der Waals surface area (Å²) in [4.78, 5) is 44.4. The molecule has 0 amide bonds. The van der Waals surface area contributed by atoms with Crippen molar-refractivity contribution in [3.05, 3.63) is 103 Å². The van der Waals surface area contributed by atoms with Gasteiger partial charge in [0.05, 0.1) is 44.4 Å². The van der Waals surface area contributed by atoms with E-state index in [1.165, 1.54) is 104 Å². The Balaban J connectivity index is 0.000000349. The molecule has 0 aromatic heterocycles. The Labute approximate surface area is 446 Å². The summed E-state index contributed by atoms with van der Waals surface area (Å²) in [5.74, 6) is 1.65. The fourth-order valence-electron chi connectivity index (χ4n) is 13.3. The second kappa shape index (κ2) is 24.7. The number of unbranched alkanes of at least 4 members (excludes halogenated alkanes) is 3. The summed E-state index contributed by atoms with van der Waals surface area (Å²) in [6.45, 7) is 14.5. The van der Waals surface area contributed by atoms with E-state index in [2.05, 4.69) is 102 Å². The minimum Gasteiger partial charge on any atom is -0.481 e. The van der Waals surface area contributed by atoms with Gasteiger partial charge in [0.1, 0.15) is 11.5 Å². The van der Waals surface area contributed by atoms with E-state index in [-0.39, 0.29) is 52.6 Å². The lowest BCUT2D eigenvalue weighted by Crippen LogP contribution is -2.52. The lowest BCUT2D eigenvalue weighted by molar-refractivity contribution is -0.143. The van der Waals surface area contributed by atoms with Gasteiger partial charge in [-0.15, -0.1) is 0 Å². The summed E-state index contributed by atoms with van der Waals surface area (Å²) in [5, 5.41) is 18.8. The number of carboxylic acid groups (broad SMARTS) is 1. The number of allylic oxidation sites excluding steroid dienone is 1. The fourth-order valence-corrected chi connectivity index (χ4v) is 15.8. The van der Waals surface area contributed by atoms with Crippen LogP contribution in [-0.4, -0.2) is 27.2 Å². The van der Waals surface area contributed by atoms with Gasteiger partial charge in [-0.05, 0) is 117 Å². The molecular formula is C58H68Cl2N2O7S3. The number of benzene rings is 3. The second-order valence-electron chi connectivity index (χ2n) is 21.1. The molecule has 14 heteroatoms. The zero-order chi connectivity index (χ0) is 51.1. The number of carboxylic acids is 1. The number of nitriles is 1. The van der Waals surface area contributed by atoms with E-state index in [0.717, 1.165) is 94.1 Å². The minimum absolute atomic E-state index is 0.00552. The highest BCUT2D eigenvalue weighted by Crippen LogP contribution is 2.81. The summed E-state index contributed by atoms with van der Waals surface area (Å²) in [5.41, 5.74) is 6.51. The van der Waals surface area contributed by atoms with Gasteiger partial charge in [0.25, 0.3) is 5.70 Å². The number of hydrogen-bond acceptors (Lipinski definition) is 9. The molecule has 1 heterocycles. The van der Waals surface area contributed by atoms with Crippen LogP contribution in [0.2, 0.25) is 0 Å². The Morgan fingerprint density at radius 2 is 1.04 bits per heavy atom. The lowest BCUT2D eigenvalue weighted by atomic mass is 9.43. The zero-order valence-corrected chi connectivity index (χ0v) is 45.8. The molecule has 6 aliphatic carbocycles. The maximum Gasteiger partial charge on any atom is 0.314 e. The van der Waals surface area contributed by atoms with Crippen molar-refractivity contribution in [1.82, 2.24) is 0 Å². The monoisotopic (exact) mass is 1070 g/mol. The molecule has 0 saturated heterocycles. The summed E-state index contributed by atoms with van der Waals surface area (Å²) in [6, 6.07) is 19.3. The van der Waals surface area contributed by atoms with E-state index in [0.29, 0.717) is 37.4 Å². The SMILES string of the molecule is CCCCC1CCC(C(=O)O)CC1.O=S(Cl)Cl.[C-]#[N+]C(C#N)=C1Sc2c(OC(=O)C3CCC(CCCC)CC3)c3c(c(OC(=O)C4CCC(CCCC)CC4)c2S1)C1c2ccccc2C12c1ccccc1C32. The van der Waals surface area contributed by atoms with Gasteiger partial charge in [0, 0.05) is 49.7 Å². The third kappa shape index (κ3) is 11.0. The van der Waals surface area contributed by atoms with Crippen molar-refractivity contribution in [2.45, 2.75) is 183 Å². The topological polar surface area (TPSA) is 135 Å². The molecule has 3 fully saturated rings. The number of aliphatic carboxylic acids is 1. The highest BCUT2D eigenvalue weighted by Gasteiger charge is 2.71. The lowest BCUT2D eigenvalue weighted by Gasteiger charge is -2.58. The standard InChI is InChI=1S/C47H48N2O4S2.C11H20O2.Cl2OS/c1-4-6-12-27-18-22-29(23-19-27)44(50)52-40-36-37(39-32-15-9-11-17-34(32)47(39)33-16-10-8-14-31(33)38(36)47)41(43-42(40)54-46(55-43)35(26-48)49-3)53-45(51)30-24-20-28(21-25-30)13-7-5-2;1-2-3-4-9-5-7-10(8-6-9)11(12)13;1-4(2)3/h8-11,14-17,27-30,38-39H,4-7,12-13,18-25H2,1-2H3;9-10H,2-8H2,1H3,(H,12,13);. The first-order valence-corrected chi connectivity index (χ1v) is 31.0. The van der Waals surface area contributed by atoms with E-state index in [1.807, 2.05) is 0 Å². The van der Waals surface area contributed by atoms with Crippen LogP contribution < -0.4 is 9.47 Å². The average molecular weight is 1070 g/mol. The van der Waals surface area contributed by atoms with Gasteiger partial charge >= 0.3 is 17.9 Å². The van der Waals surface area contributed by atoms with Crippen molar-refractivity contribution in [2.75, 3.05) is 0 Å². The number of esters is 2. The quantitative estimate of drug-likeness (QED) is 0.0546. The number of halogens is 2. The van der Waals surface area contributed by atoms with Crippen molar-refractivity contribution in [3.8, 4) is 17.6 Å². The summed E-state index contributed by atoms with van der Waals surface area (Å²) in [6.07, 6.45) is 22.7. The third-order valence-corrected chi connectivity index (χ3v) is 19.6. The molecule has 384 valence electrons. The van der Waals surface area contributed by atoms with Crippen LogP contribution in [0, 0.1) is 53.4 Å². The van der Waals surface area contributed by atoms with Gasteiger partial charge in [-0.2, -0.15) is 0 Å². The number of carbonyl (C=O) groups excluding carboxylic acids is 2. The van der Waals surface area contributed by atoms with Gasteiger partial charge in [-0.1, -0.05) is 151 Å². The molecule has 3 aromatic rings. The molecule has 2 unspecified atom stereocenters. The number of ether oxygens (including phenoxy) is 2. The van der Waals surface area contributed by atoms with Crippen molar-refractivity contribution in [1.29, 1.82) is 5.26 Å². The number of nitrogens with zero attached hydrogens (tertiary/aromatic N) is 2. The van der Waals surface area contributed by atoms with Crippen molar-refractivity contribution in [2.24, 2.45) is 35.5 Å². The predicted octanol–water partition coefficient (Wildman–Crippen LogP) is 16.3. The van der Waals surface area contributed by atoms with Crippen molar-refractivity contribution in [3.63, 3.8) is 0 Å². The Morgan fingerprint density at radius 1 is 0.681 bits per heavy atom. The maximum absolute atomic E-state index is 14.4. The Bertz CT molecular complexity index is 2480. The number of thioether (sulfide) groups is 2. The van der Waals surface area contributed by atoms with Gasteiger partial charge in [-0.25, -0.2) is 14.3 Å². The molecule has 3 saturated carbocycles. The van der Waals surface area contributed by atoms with Crippen LogP contribution in [0.1, 0.15) is 201 Å². The molecule has 1 N–H and O–H groups in total. The van der Waals surface area contributed by atoms with Gasteiger partial charge < -0.3 is 14.6 Å². The van der Waals surface area contributed by atoms with Gasteiger partial charge in [0.2, 0.25) is 9.23 Å². The van der Waals surface area contributed by atoms with Crippen LogP contribution in [0.25, 0.3) is 4.85 Å². The molecule has 9 nitrogen and oxygen atoms in total. The molecule has 2 atom stereocenters. The molecule has 7 aliphatic rings. The Kier molecular flexibility index (Phi) is 18.7. The molecule has 1 aliphatic heterocycles. The predicted molar refractivity (Wildman–Crippen MR) is 288 cm³/mol. The summed E-state index contributed by atoms with van der Waals surface area (Å²) in [7, 11) is 7.36. The molecule has 0 bridgehead atoms. The van der Waals surface area contributed by atoms with Gasteiger partial charge in [0.15, 0.2) is 0 Å². The fraction of sp³-hybridized carbons (Fsp3) is 0.569. The van der Waals surface area contributed by atoms with Crippen LogP contribution in [0.4, 0.5) is 0 Å². The molecule has 72 heavy (non-hydrogen) atoms. The van der Waals surface area contributed by atoms with Crippen LogP contribution in [-0.2, 0) is 29.0 Å². The normalized spacial score (nSPS) is 26.8. The number of fused-ring (bicyclic) bond motifs is 8. The van der Waals surface area contributed by atoms with Crippen molar-refractivity contribution >= 4 is 72.0 Å². The average Bonchev–Trinajstić information content (AvgIpc) is 3.91. The highest BCUT2D eigenvalue weighted by atomic mass is 36.0. The minimum atomic E-state index is -1.67. The molecule has 3 aromatic carbocycles. The second-order valence-corrected chi connectivity index (χ2v) is 25.9. The zero-order valence-electron chi connectivity index (χ0n) is 41.9. The largest absolute Gasteiger partial charge is 0.481 e. The number of hydrogen-bond donors (Lipinski definition) is 1. The van der Waals surface area contributed by atoms with Gasteiger partial charge in [-0.3, -0.25) is 14.4 Å². The van der Waals surface area contributed by atoms with Crippen LogP contribution in [0.5, 0.6) is 11.5 Å². The first-order valence-electron chi connectivity index (χ1n) is 26.6. The molecule has 0 radical (unpaired) electrons. The van der Waals surface area contributed by atoms with Crippen LogP contribution in [0.3, 0.4) is 0 Å². The number of rotatable bonds is 14. The smallest absolute Gasteiger partial charge is 0.314 e. The van der Waals surface area contributed by atoms with Crippen molar-refractivity contribution < 1.29 is 33.2 Å². The summed E-state index contributed by atoms with van der Waals surface area (Å²) >= 11 is 2.64.